The van der Waals surface area contributed by atoms with Crippen LogP contribution in [-0.2, 0) is 20.6 Å². The standard InChI is InChI=1S/C22H20N6O2S2/c1-26-13-25-18-17(26)21(29)28(22(30)27(18)2)9-6-10-31-19-16-15(14-7-4-3-5-8-14)11-32-20(16)24-12-23-19/h3-5,7-8,11-13H,6,9-10H2,1-2H3. The smallest absolute Gasteiger partial charge is 0.328 e. The fourth-order valence-electron chi connectivity index (χ4n) is 3.77. The van der Waals surface area contributed by atoms with Crippen LogP contribution < -0.4 is 11.2 Å². The van der Waals surface area contributed by atoms with E-state index in [-0.39, 0.29) is 11.2 Å². The Hall–Kier alpha value is -3.24. The molecular formula is C22H20N6O2S2. The van der Waals surface area contributed by atoms with Crippen LogP contribution in [0.4, 0.5) is 0 Å². The quantitative estimate of drug-likeness (QED) is 0.218. The molecule has 0 bridgehead atoms. The van der Waals surface area contributed by atoms with Crippen LogP contribution in [-0.4, -0.2) is 34.4 Å². The SMILES string of the molecule is Cn1cnc2c1c(=O)n(CCCSc1ncnc3scc(-c4ccccc4)c13)c(=O)n2C. The third-order valence-corrected chi connectivity index (χ3v) is 7.35. The van der Waals surface area contributed by atoms with E-state index in [0.29, 0.717) is 24.1 Å². The molecule has 5 aromatic rings. The summed E-state index contributed by atoms with van der Waals surface area (Å²) in [5, 5.41) is 4.08. The zero-order valence-electron chi connectivity index (χ0n) is 17.6. The lowest BCUT2D eigenvalue weighted by molar-refractivity contribution is 0.594. The normalized spacial score (nSPS) is 11.6. The van der Waals surface area contributed by atoms with E-state index < -0.39 is 0 Å². The van der Waals surface area contributed by atoms with E-state index in [1.807, 2.05) is 18.2 Å². The molecule has 0 aliphatic heterocycles. The van der Waals surface area contributed by atoms with Crippen LogP contribution in [0, 0.1) is 0 Å². The largest absolute Gasteiger partial charge is 0.332 e. The predicted octanol–water partition coefficient (Wildman–Crippen LogP) is 3.29. The topological polar surface area (TPSA) is 87.6 Å². The lowest BCUT2D eigenvalue weighted by Crippen LogP contribution is -2.39. The molecule has 0 spiro atoms. The molecule has 162 valence electrons. The van der Waals surface area contributed by atoms with Crippen molar-refractivity contribution in [1.82, 2.24) is 28.7 Å². The number of thioether (sulfide) groups is 1. The zero-order chi connectivity index (χ0) is 22.2. The van der Waals surface area contributed by atoms with Crippen LogP contribution in [0.15, 0.2) is 63.0 Å². The number of hydrogen-bond acceptors (Lipinski definition) is 7. The molecule has 0 aliphatic carbocycles. The van der Waals surface area contributed by atoms with Gasteiger partial charge in [-0.05, 0) is 12.0 Å². The molecule has 0 N–H and O–H groups in total. The number of benzene rings is 1. The van der Waals surface area contributed by atoms with Gasteiger partial charge in [-0.15, -0.1) is 23.1 Å². The average Bonchev–Trinajstić information content (AvgIpc) is 3.42. The monoisotopic (exact) mass is 464 g/mol. The van der Waals surface area contributed by atoms with E-state index in [2.05, 4.69) is 32.5 Å². The van der Waals surface area contributed by atoms with Crippen LogP contribution in [0.5, 0.6) is 0 Å². The molecule has 0 amide bonds. The van der Waals surface area contributed by atoms with Gasteiger partial charge >= 0.3 is 5.69 Å². The molecule has 0 radical (unpaired) electrons. The van der Waals surface area contributed by atoms with Crippen LogP contribution in [0.3, 0.4) is 0 Å². The first-order chi connectivity index (χ1) is 15.6. The number of aromatic nitrogens is 6. The molecule has 0 atom stereocenters. The van der Waals surface area contributed by atoms with Crippen LogP contribution in [0.1, 0.15) is 6.42 Å². The molecule has 10 heteroatoms. The summed E-state index contributed by atoms with van der Waals surface area (Å²) in [7, 11) is 3.40. The summed E-state index contributed by atoms with van der Waals surface area (Å²) >= 11 is 3.23. The van der Waals surface area contributed by atoms with E-state index in [0.717, 1.165) is 32.1 Å². The van der Waals surface area contributed by atoms with Gasteiger partial charge < -0.3 is 4.57 Å². The Labute approximate surface area is 191 Å². The van der Waals surface area contributed by atoms with E-state index >= 15 is 0 Å². The van der Waals surface area contributed by atoms with Gasteiger partial charge in [-0.2, -0.15) is 0 Å². The van der Waals surface area contributed by atoms with Crippen molar-refractivity contribution in [1.29, 1.82) is 0 Å². The lowest BCUT2D eigenvalue weighted by Gasteiger charge is -2.09. The van der Waals surface area contributed by atoms with Gasteiger partial charge in [0.25, 0.3) is 5.56 Å². The minimum Gasteiger partial charge on any atom is -0.328 e. The summed E-state index contributed by atoms with van der Waals surface area (Å²) < 4.78 is 4.37. The Morgan fingerprint density at radius 1 is 1.06 bits per heavy atom. The van der Waals surface area contributed by atoms with Gasteiger partial charge in [0.1, 0.15) is 16.2 Å². The first-order valence-corrected chi connectivity index (χ1v) is 11.9. The molecule has 8 nitrogen and oxygen atoms in total. The van der Waals surface area contributed by atoms with Gasteiger partial charge in [-0.3, -0.25) is 13.9 Å². The molecule has 0 unspecified atom stereocenters. The second-order valence-corrected chi connectivity index (χ2v) is 9.34. The number of hydrogen-bond donors (Lipinski definition) is 0. The molecule has 4 aromatic heterocycles. The maximum absolute atomic E-state index is 12.9. The summed E-state index contributed by atoms with van der Waals surface area (Å²) in [6.45, 7) is 0.336. The van der Waals surface area contributed by atoms with Crippen LogP contribution >= 0.6 is 23.1 Å². The van der Waals surface area contributed by atoms with E-state index in [1.54, 1.807) is 54.4 Å². The summed E-state index contributed by atoms with van der Waals surface area (Å²) in [6.07, 6.45) is 3.79. The van der Waals surface area contributed by atoms with Crippen molar-refractivity contribution in [3.05, 3.63) is 69.2 Å². The highest BCUT2D eigenvalue weighted by molar-refractivity contribution is 7.99. The Bertz CT molecular complexity index is 1550. The Morgan fingerprint density at radius 2 is 1.88 bits per heavy atom. The van der Waals surface area contributed by atoms with E-state index in [1.165, 1.54) is 9.13 Å². The molecule has 1 aromatic carbocycles. The average molecular weight is 465 g/mol. The van der Waals surface area contributed by atoms with Crippen molar-refractivity contribution < 1.29 is 0 Å². The van der Waals surface area contributed by atoms with Crippen molar-refractivity contribution in [3.63, 3.8) is 0 Å². The maximum Gasteiger partial charge on any atom is 0.332 e. The fraction of sp³-hybridized carbons (Fsp3) is 0.227. The number of imidazole rings is 1. The van der Waals surface area contributed by atoms with Crippen molar-refractivity contribution in [3.8, 4) is 11.1 Å². The fourth-order valence-corrected chi connectivity index (χ4v) is 5.69. The molecule has 0 aliphatic rings. The summed E-state index contributed by atoms with van der Waals surface area (Å²) in [6, 6.07) is 10.2. The van der Waals surface area contributed by atoms with Gasteiger partial charge in [0.15, 0.2) is 11.2 Å². The third-order valence-electron chi connectivity index (χ3n) is 5.39. The minimum atomic E-state index is -0.347. The predicted molar refractivity (Wildman–Crippen MR) is 128 cm³/mol. The Balaban J connectivity index is 1.38. The second-order valence-electron chi connectivity index (χ2n) is 7.40. The van der Waals surface area contributed by atoms with E-state index in [9.17, 15) is 9.59 Å². The highest BCUT2D eigenvalue weighted by Gasteiger charge is 2.16. The second kappa shape index (κ2) is 8.36. The summed E-state index contributed by atoms with van der Waals surface area (Å²) in [5.74, 6) is 0.717. The third kappa shape index (κ3) is 3.45. The first-order valence-electron chi connectivity index (χ1n) is 10.1. The van der Waals surface area contributed by atoms with Crippen molar-refractivity contribution in [2.75, 3.05) is 5.75 Å². The molecule has 0 fully saturated rings. The van der Waals surface area contributed by atoms with Crippen molar-refractivity contribution in [2.24, 2.45) is 14.1 Å². The van der Waals surface area contributed by atoms with Crippen LogP contribution in [0.25, 0.3) is 32.5 Å². The number of aryl methyl sites for hydroxylation is 2. The molecule has 4 heterocycles. The number of fused-ring (bicyclic) bond motifs is 2. The molecule has 32 heavy (non-hydrogen) atoms. The van der Waals surface area contributed by atoms with Gasteiger partial charge in [0, 0.05) is 37.3 Å². The van der Waals surface area contributed by atoms with Gasteiger partial charge in [-0.25, -0.2) is 19.7 Å². The molecular weight excluding hydrogens is 444 g/mol. The lowest BCUT2D eigenvalue weighted by atomic mass is 10.1. The van der Waals surface area contributed by atoms with Gasteiger partial charge in [-0.1, -0.05) is 30.3 Å². The minimum absolute atomic E-state index is 0.304. The summed E-state index contributed by atoms with van der Waals surface area (Å²) in [4.78, 5) is 39.6. The van der Waals surface area contributed by atoms with E-state index in [4.69, 9.17) is 0 Å². The van der Waals surface area contributed by atoms with Gasteiger partial charge in [0.2, 0.25) is 0 Å². The highest BCUT2D eigenvalue weighted by Crippen LogP contribution is 2.37. The van der Waals surface area contributed by atoms with Crippen molar-refractivity contribution in [2.45, 2.75) is 18.0 Å². The van der Waals surface area contributed by atoms with Crippen LogP contribution in [0.2, 0.25) is 0 Å². The Kier molecular flexibility index (Phi) is 5.40. The van der Waals surface area contributed by atoms with Gasteiger partial charge in [0.05, 0.1) is 11.7 Å². The number of nitrogens with zero attached hydrogens (tertiary/aromatic N) is 6. The zero-order valence-corrected chi connectivity index (χ0v) is 19.2. The highest BCUT2D eigenvalue weighted by atomic mass is 32.2. The number of rotatable bonds is 6. The first kappa shape index (κ1) is 20.7. The number of thiophene rings is 1. The Morgan fingerprint density at radius 3 is 2.69 bits per heavy atom. The molecule has 5 rings (SSSR count). The maximum atomic E-state index is 12.9. The summed E-state index contributed by atoms with van der Waals surface area (Å²) in [5.41, 5.74) is 2.45. The van der Waals surface area contributed by atoms with Crippen molar-refractivity contribution >= 4 is 44.5 Å². The molecule has 0 saturated heterocycles. The molecule has 0 saturated carbocycles.